The van der Waals surface area contributed by atoms with Crippen molar-refractivity contribution in [1.29, 1.82) is 5.41 Å². The van der Waals surface area contributed by atoms with Gasteiger partial charge in [0.15, 0.2) is 17.3 Å². The van der Waals surface area contributed by atoms with Crippen LogP contribution < -0.4 is 14.2 Å². The quantitative estimate of drug-likeness (QED) is 0.399. The third kappa shape index (κ3) is 5.41. The highest BCUT2D eigenvalue weighted by Gasteiger charge is 2.35. The molecule has 0 fully saturated rings. The van der Waals surface area contributed by atoms with Crippen molar-refractivity contribution in [1.82, 2.24) is 5.01 Å². The topological polar surface area (TPSA) is 96.6 Å². The lowest BCUT2D eigenvalue weighted by Gasteiger charge is -2.20. The van der Waals surface area contributed by atoms with Crippen LogP contribution in [0.1, 0.15) is 24.2 Å². The van der Waals surface area contributed by atoms with Gasteiger partial charge in [-0.3, -0.25) is 10.2 Å². The summed E-state index contributed by atoms with van der Waals surface area (Å²) < 4.78 is 17.4. The molecule has 186 valence electrons. The first-order chi connectivity index (χ1) is 18.0. The number of thioether (sulfide) groups is 1. The fourth-order valence-corrected chi connectivity index (χ4v) is 4.57. The summed E-state index contributed by atoms with van der Waals surface area (Å²) in [7, 11) is 1.56. The number of hydrazone groups is 1. The number of carbonyl (C=O) groups is 1. The molecule has 2 aliphatic heterocycles. The van der Waals surface area contributed by atoms with Gasteiger partial charge in [-0.05, 0) is 60.2 Å². The lowest BCUT2D eigenvalue weighted by atomic mass is 10.1. The molecule has 9 heteroatoms. The number of rotatable bonds is 8. The van der Waals surface area contributed by atoms with Crippen molar-refractivity contribution < 1.29 is 19.0 Å². The molecule has 0 spiro atoms. The number of fused-ring (bicyclic) bond motifs is 1. The molecule has 0 saturated heterocycles. The van der Waals surface area contributed by atoms with E-state index in [1.165, 1.54) is 16.8 Å². The summed E-state index contributed by atoms with van der Waals surface area (Å²) in [4.78, 5) is 16.9. The molecule has 2 aliphatic rings. The fourth-order valence-electron chi connectivity index (χ4n) is 3.77. The number of para-hydroxylation sites is 1. The third-order valence-electron chi connectivity index (χ3n) is 5.67. The summed E-state index contributed by atoms with van der Waals surface area (Å²) >= 11 is 1.22. The van der Waals surface area contributed by atoms with Gasteiger partial charge in [-0.1, -0.05) is 54.6 Å². The number of amides is 1. The molecule has 3 aromatic carbocycles. The summed E-state index contributed by atoms with van der Waals surface area (Å²) in [5.74, 6) is 1.26. The van der Waals surface area contributed by atoms with Crippen LogP contribution in [0.25, 0.3) is 6.08 Å². The van der Waals surface area contributed by atoms with E-state index < -0.39 is 5.91 Å². The van der Waals surface area contributed by atoms with Crippen molar-refractivity contribution in [3.05, 3.63) is 95.6 Å². The van der Waals surface area contributed by atoms with Crippen LogP contribution >= 0.6 is 11.8 Å². The Labute approximate surface area is 218 Å². The van der Waals surface area contributed by atoms with Crippen LogP contribution in [0, 0.1) is 5.41 Å². The van der Waals surface area contributed by atoms with E-state index in [0.29, 0.717) is 33.0 Å². The zero-order valence-electron chi connectivity index (χ0n) is 20.3. The van der Waals surface area contributed by atoms with Gasteiger partial charge in [0.25, 0.3) is 5.91 Å². The van der Waals surface area contributed by atoms with Crippen molar-refractivity contribution in [2.24, 2.45) is 10.1 Å². The first-order valence-corrected chi connectivity index (χ1v) is 12.4. The molecule has 5 rings (SSSR count). The first kappa shape index (κ1) is 24.3. The highest BCUT2D eigenvalue weighted by atomic mass is 32.2. The van der Waals surface area contributed by atoms with Gasteiger partial charge < -0.3 is 14.2 Å². The van der Waals surface area contributed by atoms with Crippen molar-refractivity contribution in [3.8, 4) is 17.2 Å². The number of hydrogen-bond donors (Lipinski definition) is 1. The number of benzene rings is 3. The van der Waals surface area contributed by atoms with E-state index in [9.17, 15) is 4.79 Å². The summed E-state index contributed by atoms with van der Waals surface area (Å²) in [6, 6.07) is 24.6. The molecule has 0 aromatic heterocycles. The van der Waals surface area contributed by atoms with Crippen molar-refractivity contribution in [2.75, 3.05) is 13.7 Å². The number of nitrogens with one attached hydrogen (secondary N) is 1. The normalized spacial score (nSPS) is 16.7. The van der Waals surface area contributed by atoms with E-state index in [2.05, 4.69) is 10.1 Å². The van der Waals surface area contributed by atoms with Gasteiger partial charge in [0.05, 0.1) is 12.7 Å². The van der Waals surface area contributed by atoms with Crippen LogP contribution in [0.3, 0.4) is 0 Å². The average molecular weight is 513 g/mol. The van der Waals surface area contributed by atoms with Gasteiger partial charge in [-0.15, -0.1) is 0 Å². The van der Waals surface area contributed by atoms with E-state index in [1.54, 1.807) is 25.3 Å². The van der Waals surface area contributed by atoms with E-state index in [1.807, 2.05) is 73.7 Å². The Morgan fingerprint density at radius 2 is 1.76 bits per heavy atom. The van der Waals surface area contributed by atoms with E-state index >= 15 is 0 Å². The maximum atomic E-state index is 12.8. The van der Waals surface area contributed by atoms with Crippen LogP contribution in [0.2, 0.25) is 0 Å². The molecule has 0 unspecified atom stereocenters. The minimum atomic E-state index is -0.499. The molecular formula is C28H24N4O4S. The van der Waals surface area contributed by atoms with Gasteiger partial charge in [-0.2, -0.15) is 15.1 Å². The highest BCUT2D eigenvalue weighted by molar-refractivity contribution is 8.27. The monoisotopic (exact) mass is 512 g/mol. The van der Waals surface area contributed by atoms with Crippen LogP contribution in [0.5, 0.6) is 17.2 Å². The second-order valence-electron chi connectivity index (χ2n) is 8.20. The molecule has 2 heterocycles. The van der Waals surface area contributed by atoms with Crippen LogP contribution in [-0.4, -0.2) is 40.7 Å². The maximum absolute atomic E-state index is 12.8. The predicted molar refractivity (Wildman–Crippen MR) is 145 cm³/mol. The molecule has 1 amide bonds. The number of ether oxygens (including phenoxy) is 3. The molecule has 1 N–H and O–H groups in total. The van der Waals surface area contributed by atoms with Gasteiger partial charge in [0.1, 0.15) is 23.5 Å². The maximum Gasteiger partial charge on any atom is 0.283 e. The number of nitrogens with zero attached hydrogens (tertiary/aromatic N) is 3. The first-order valence-electron chi connectivity index (χ1n) is 11.6. The van der Waals surface area contributed by atoms with Crippen molar-refractivity contribution in [3.63, 3.8) is 0 Å². The van der Waals surface area contributed by atoms with Crippen LogP contribution in [0.4, 0.5) is 0 Å². The van der Waals surface area contributed by atoms with Gasteiger partial charge in [0, 0.05) is 0 Å². The lowest BCUT2D eigenvalue weighted by Crippen LogP contribution is -2.35. The minimum Gasteiger partial charge on any atom is -0.493 e. The molecule has 37 heavy (non-hydrogen) atoms. The van der Waals surface area contributed by atoms with Gasteiger partial charge in [0.2, 0.25) is 5.17 Å². The molecule has 3 aromatic rings. The smallest absolute Gasteiger partial charge is 0.283 e. The number of amidine groups is 2. The van der Waals surface area contributed by atoms with Crippen LogP contribution in [0.15, 0.2) is 94.5 Å². The largest absolute Gasteiger partial charge is 0.493 e. The Balaban J connectivity index is 1.32. The molecule has 0 saturated carbocycles. The standard InChI is InChI=1S/C28H24N4O4S/c1-18(20-9-5-3-6-10-20)36-23-14-13-19(16-24(23)34-2)15-22-26(29)32-28(30-27(22)33)37-25(31-32)17-35-21-11-7-4-8-12-21/h3-16,18,29H,17H2,1-2H3/b22-15-,29-26?/t18-/m1/s1. The second-order valence-corrected chi connectivity index (χ2v) is 9.24. The van der Waals surface area contributed by atoms with E-state index in [4.69, 9.17) is 19.6 Å². The minimum absolute atomic E-state index is 0.0470. The zero-order valence-corrected chi connectivity index (χ0v) is 21.1. The molecule has 1 atom stereocenters. The lowest BCUT2D eigenvalue weighted by molar-refractivity contribution is -0.114. The Bertz CT molecular complexity index is 1420. The Kier molecular flexibility index (Phi) is 7.04. The van der Waals surface area contributed by atoms with Crippen molar-refractivity contribution >= 4 is 39.8 Å². The number of carbonyl (C=O) groups excluding carboxylic acids is 1. The van der Waals surface area contributed by atoms with Gasteiger partial charge >= 0.3 is 0 Å². The van der Waals surface area contributed by atoms with E-state index in [-0.39, 0.29) is 24.1 Å². The molecule has 8 nitrogen and oxygen atoms in total. The Morgan fingerprint density at radius 3 is 2.49 bits per heavy atom. The summed E-state index contributed by atoms with van der Waals surface area (Å²) in [6.45, 7) is 2.18. The predicted octanol–water partition coefficient (Wildman–Crippen LogP) is 5.53. The molecule has 0 bridgehead atoms. The average Bonchev–Trinajstić information content (AvgIpc) is 3.34. The van der Waals surface area contributed by atoms with Crippen LogP contribution in [-0.2, 0) is 4.79 Å². The second kappa shape index (κ2) is 10.7. The summed E-state index contributed by atoms with van der Waals surface area (Å²) in [5.41, 5.74) is 1.85. The molecule has 0 aliphatic carbocycles. The summed E-state index contributed by atoms with van der Waals surface area (Å²) in [5, 5.41) is 15.4. The number of hydrogen-bond acceptors (Lipinski definition) is 7. The Hall–Kier alpha value is -4.37. The SMILES string of the molecule is COc1cc(/C=C2/C(=N)N3N=C(COc4ccccc4)SC3=NC2=O)ccc1O[C@H](C)c1ccccc1. The number of methoxy groups -OCH3 is 1. The van der Waals surface area contributed by atoms with E-state index in [0.717, 1.165) is 5.56 Å². The molecular weight excluding hydrogens is 488 g/mol. The zero-order chi connectivity index (χ0) is 25.8. The number of aliphatic imine (C=N–C) groups is 1. The highest BCUT2D eigenvalue weighted by Crippen LogP contribution is 2.34. The summed E-state index contributed by atoms with van der Waals surface area (Å²) in [6.07, 6.45) is 1.43. The van der Waals surface area contributed by atoms with Gasteiger partial charge in [-0.25, -0.2) is 0 Å². The third-order valence-corrected chi connectivity index (χ3v) is 6.56. The fraction of sp³-hybridized carbons (Fsp3) is 0.143. The molecule has 0 radical (unpaired) electrons. The Morgan fingerprint density at radius 1 is 1.03 bits per heavy atom. The van der Waals surface area contributed by atoms with Crippen molar-refractivity contribution in [2.45, 2.75) is 13.0 Å².